The molecule has 0 saturated heterocycles. The molecule has 1 aliphatic heterocycles. The van der Waals surface area contributed by atoms with Crippen molar-refractivity contribution >= 4 is 35.0 Å². The summed E-state index contributed by atoms with van der Waals surface area (Å²) in [6.07, 6.45) is 0.594. The van der Waals surface area contributed by atoms with Crippen LogP contribution in [-0.4, -0.2) is 41.8 Å². The van der Waals surface area contributed by atoms with E-state index in [-0.39, 0.29) is 24.8 Å². The lowest BCUT2D eigenvalue weighted by Crippen LogP contribution is -2.56. The van der Waals surface area contributed by atoms with E-state index in [0.717, 1.165) is 16.8 Å². The molecule has 0 aromatic heterocycles. The largest absolute Gasteiger partial charge is 0.355 e. The van der Waals surface area contributed by atoms with Gasteiger partial charge in [-0.1, -0.05) is 62.4 Å². The lowest BCUT2D eigenvalue weighted by molar-refractivity contribution is -0.132. The monoisotopic (exact) mass is 555 g/mol. The highest BCUT2D eigenvalue weighted by molar-refractivity contribution is 5.99. The molecule has 1 aliphatic rings. The first kappa shape index (κ1) is 29.3. The summed E-state index contributed by atoms with van der Waals surface area (Å²) in [6.45, 7) is 5.77. The van der Waals surface area contributed by atoms with Crippen LogP contribution in [0.25, 0.3) is 0 Å². The number of amides is 4. The van der Waals surface area contributed by atoms with Crippen LogP contribution in [0.15, 0.2) is 78.9 Å². The van der Waals surface area contributed by atoms with Crippen molar-refractivity contribution in [2.45, 2.75) is 58.3 Å². The number of carbonyl (C=O) groups excluding carboxylic acids is 4. The minimum Gasteiger partial charge on any atom is -0.355 e. The molecule has 5 N–H and O–H groups in total. The van der Waals surface area contributed by atoms with E-state index in [4.69, 9.17) is 0 Å². The molecule has 3 atom stereocenters. The maximum Gasteiger partial charge on any atom is 0.252 e. The fraction of sp³-hybridized carbons (Fsp3) is 0.312. The molecule has 0 fully saturated rings. The van der Waals surface area contributed by atoms with Crippen molar-refractivity contribution in [3.05, 3.63) is 95.6 Å². The SMILES string of the molecule is CC(C)C[C@H]1NC(=O)[C@H](Cc2ccccc2)NC(=O)c2cccc(c2)Nc2cccc(c2)CNC(=O)[C@@H](C)NC1=O. The van der Waals surface area contributed by atoms with Gasteiger partial charge in [-0.3, -0.25) is 19.2 Å². The first-order chi connectivity index (χ1) is 19.7. The Morgan fingerprint density at radius 3 is 2.15 bits per heavy atom. The Morgan fingerprint density at radius 1 is 0.732 bits per heavy atom. The lowest BCUT2D eigenvalue weighted by atomic mass is 10.0. The molecule has 41 heavy (non-hydrogen) atoms. The molecule has 3 aromatic carbocycles. The molecule has 4 amide bonds. The Hall–Kier alpha value is -4.66. The molecule has 4 rings (SSSR count). The minimum absolute atomic E-state index is 0.0847. The number of rotatable bonds is 4. The third-order valence-electron chi connectivity index (χ3n) is 6.80. The number of anilines is 2. The van der Waals surface area contributed by atoms with Gasteiger partial charge in [0.2, 0.25) is 17.7 Å². The number of hydrogen-bond donors (Lipinski definition) is 5. The van der Waals surface area contributed by atoms with Gasteiger partial charge in [-0.05, 0) is 60.7 Å². The second-order valence-electron chi connectivity index (χ2n) is 10.8. The van der Waals surface area contributed by atoms with Crippen molar-refractivity contribution in [3.63, 3.8) is 0 Å². The standard InChI is InChI=1S/C32H37N5O4/c1-20(2)15-27-31(40)34-21(3)29(38)33-19-23-11-7-13-25(16-23)35-26-14-8-12-24(18-26)30(39)36-28(32(41)37-27)17-22-9-5-4-6-10-22/h4-14,16,18,20-21,27-28,35H,15,17,19H2,1-3H3,(H,33,38)(H,34,40)(H,36,39)(H,37,41)/t21-,27-,28+/m1/s1. The van der Waals surface area contributed by atoms with Gasteiger partial charge in [0.05, 0.1) is 0 Å². The van der Waals surface area contributed by atoms with Gasteiger partial charge in [0.15, 0.2) is 0 Å². The van der Waals surface area contributed by atoms with Crippen molar-refractivity contribution in [2.24, 2.45) is 5.92 Å². The smallest absolute Gasteiger partial charge is 0.252 e. The summed E-state index contributed by atoms with van der Waals surface area (Å²) in [4.78, 5) is 53.1. The maximum atomic E-state index is 13.6. The number of benzene rings is 3. The zero-order valence-corrected chi connectivity index (χ0v) is 23.6. The zero-order valence-electron chi connectivity index (χ0n) is 23.6. The van der Waals surface area contributed by atoms with Crippen LogP contribution in [0.5, 0.6) is 0 Å². The molecular weight excluding hydrogens is 518 g/mol. The molecule has 0 unspecified atom stereocenters. The first-order valence-corrected chi connectivity index (χ1v) is 13.9. The number of fused-ring (bicyclic) bond motifs is 4. The minimum atomic E-state index is -0.941. The molecule has 0 spiro atoms. The van der Waals surface area contributed by atoms with Gasteiger partial charge in [-0.25, -0.2) is 0 Å². The lowest BCUT2D eigenvalue weighted by Gasteiger charge is -2.25. The highest BCUT2D eigenvalue weighted by atomic mass is 16.2. The quantitative estimate of drug-likeness (QED) is 0.337. The Morgan fingerprint density at radius 2 is 1.41 bits per heavy atom. The predicted octanol–water partition coefficient (Wildman–Crippen LogP) is 3.44. The topological polar surface area (TPSA) is 128 Å². The molecule has 4 bridgehead atoms. The van der Waals surface area contributed by atoms with Crippen LogP contribution in [0.2, 0.25) is 0 Å². The average Bonchev–Trinajstić information content (AvgIpc) is 2.95. The van der Waals surface area contributed by atoms with Gasteiger partial charge in [0.1, 0.15) is 18.1 Å². The van der Waals surface area contributed by atoms with Crippen LogP contribution in [0, 0.1) is 5.92 Å². The molecule has 1 heterocycles. The van der Waals surface area contributed by atoms with Crippen molar-refractivity contribution in [1.82, 2.24) is 21.3 Å². The number of nitrogens with one attached hydrogen (secondary N) is 5. The third kappa shape index (κ3) is 8.41. The Labute approximate surface area is 240 Å². The maximum absolute atomic E-state index is 13.6. The van der Waals surface area contributed by atoms with E-state index in [9.17, 15) is 19.2 Å². The summed E-state index contributed by atoms with van der Waals surface area (Å²) < 4.78 is 0. The summed E-state index contributed by atoms with van der Waals surface area (Å²) in [5.41, 5.74) is 3.58. The average molecular weight is 556 g/mol. The van der Waals surface area contributed by atoms with E-state index in [1.165, 1.54) is 0 Å². The summed E-state index contributed by atoms with van der Waals surface area (Å²) in [5.74, 6) is -1.61. The van der Waals surface area contributed by atoms with Gasteiger partial charge in [0.25, 0.3) is 5.91 Å². The molecular formula is C32H37N5O4. The number of hydrogen-bond acceptors (Lipinski definition) is 5. The normalized spacial score (nSPS) is 20.3. The molecule has 3 aromatic rings. The number of carbonyl (C=O) groups is 4. The van der Waals surface area contributed by atoms with E-state index in [2.05, 4.69) is 26.6 Å². The van der Waals surface area contributed by atoms with E-state index < -0.39 is 35.8 Å². The predicted molar refractivity (Wildman–Crippen MR) is 158 cm³/mol. The van der Waals surface area contributed by atoms with E-state index >= 15 is 0 Å². The van der Waals surface area contributed by atoms with Crippen molar-refractivity contribution in [1.29, 1.82) is 0 Å². The Balaban J connectivity index is 1.69. The van der Waals surface area contributed by atoms with Crippen LogP contribution < -0.4 is 26.6 Å². The molecule has 0 aliphatic carbocycles. The summed E-state index contributed by atoms with van der Waals surface area (Å²) >= 11 is 0. The van der Waals surface area contributed by atoms with E-state index in [1.54, 1.807) is 25.1 Å². The second-order valence-corrected chi connectivity index (χ2v) is 10.8. The Kier molecular flexibility index (Phi) is 9.73. The van der Waals surface area contributed by atoms with Crippen LogP contribution in [-0.2, 0) is 27.3 Å². The van der Waals surface area contributed by atoms with Crippen LogP contribution in [0.1, 0.15) is 48.7 Å². The zero-order chi connectivity index (χ0) is 29.4. The Bertz CT molecular complexity index is 1390. The fourth-order valence-corrected chi connectivity index (χ4v) is 4.66. The van der Waals surface area contributed by atoms with Crippen LogP contribution in [0.4, 0.5) is 11.4 Å². The van der Waals surface area contributed by atoms with Gasteiger partial charge in [-0.15, -0.1) is 0 Å². The molecule has 9 nitrogen and oxygen atoms in total. The van der Waals surface area contributed by atoms with Gasteiger partial charge < -0.3 is 26.6 Å². The van der Waals surface area contributed by atoms with Crippen LogP contribution in [0.3, 0.4) is 0 Å². The van der Waals surface area contributed by atoms with Crippen molar-refractivity contribution < 1.29 is 19.2 Å². The van der Waals surface area contributed by atoms with E-state index in [0.29, 0.717) is 17.7 Å². The van der Waals surface area contributed by atoms with Gasteiger partial charge >= 0.3 is 0 Å². The second kappa shape index (κ2) is 13.6. The van der Waals surface area contributed by atoms with Gasteiger partial charge in [0, 0.05) is 29.9 Å². The highest BCUT2D eigenvalue weighted by Gasteiger charge is 2.29. The van der Waals surface area contributed by atoms with Gasteiger partial charge in [-0.2, -0.15) is 0 Å². The van der Waals surface area contributed by atoms with Crippen molar-refractivity contribution in [3.8, 4) is 0 Å². The van der Waals surface area contributed by atoms with Crippen molar-refractivity contribution in [2.75, 3.05) is 5.32 Å². The van der Waals surface area contributed by atoms with Crippen LogP contribution >= 0.6 is 0 Å². The molecule has 214 valence electrons. The molecule has 0 saturated carbocycles. The fourth-order valence-electron chi connectivity index (χ4n) is 4.66. The summed E-state index contributed by atoms with van der Waals surface area (Å²) in [7, 11) is 0. The summed E-state index contributed by atoms with van der Waals surface area (Å²) in [6, 6.07) is 21.3. The van der Waals surface area contributed by atoms with E-state index in [1.807, 2.05) is 74.5 Å². The summed E-state index contributed by atoms with van der Waals surface area (Å²) in [5, 5.41) is 14.6. The molecule has 0 radical (unpaired) electrons. The highest BCUT2D eigenvalue weighted by Crippen LogP contribution is 2.20. The molecule has 9 heteroatoms. The third-order valence-corrected chi connectivity index (χ3v) is 6.80. The first-order valence-electron chi connectivity index (χ1n) is 13.9.